The summed E-state index contributed by atoms with van der Waals surface area (Å²) in [6, 6.07) is 0. The summed E-state index contributed by atoms with van der Waals surface area (Å²) in [6.07, 6.45) is 5.56. The largest absolute Gasteiger partial charge is 0.309 e. The highest BCUT2D eigenvalue weighted by Gasteiger charge is 2.24. The minimum absolute atomic E-state index is 0.300. The molecule has 0 atom stereocenters. The van der Waals surface area contributed by atoms with Crippen LogP contribution in [0.1, 0.15) is 27.2 Å². The van der Waals surface area contributed by atoms with Crippen molar-refractivity contribution >= 4 is 0 Å². The summed E-state index contributed by atoms with van der Waals surface area (Å²) >= 11 is 0. The van der Waals surface area contributed by atoms with E-state index in [9.17, 15) is 0 Å². The normalized spacial score (nSPS) is 23.9. The number of rotatable bonds is 3. The van der Waals surface area contributed by atoms with Crippen LogP contribution in [-0.2, 0) is 0 Å². The van der Waals surface area contributed by atoms with E-state index >= 15 is 0 Å². The molecule has 13 heavy (non-hydrogen) atoms. The van der Waals surface area contributed by atoms with Crippen molar-refractivity contribution in [2.24, 2.45) is 0 Å². The summed E-state index contributed by atoms with van der Waals surface area (Å²) in [5.41, 5.74) is 0.300. The van der Waals surface area contributed by atoms with E-state index in [-0.39, 0.29) is 0 Å². The van der Waals surface area contributed by atoms with Crippen molar-refractivity contribution in [2.45, 2.75) is 32.7 Å². The zero-order valence-electron chi connectivity index (χ0n) is 9.14. The molecule has 0 aromatic carbocycles. The quantitative estimate of drug-likeness (QED) is 0.667. The zero-order chi connectivity index (χ0) is 9.73. The Morgan fingerprint density at radius 3 is 2.85 bits per heavy atom. The lowest BCUT2D eigenvalue weighted by molar-refractivity contribution is 0.157. The SMILES string of the molecule is C/C=C/CCN1CCNC(C)(C)C1. The molecule has 1 fully saturated rings. The minimum atomic E-state index is 0.300. The van der Waals surface area contributed by atoms with Gasteiger partial charge in [-0.3, -0.25) is 4.90 Å². The molecule has 2 heteroatoms. The first-order chi connectivity index (χ1) is 6.14. The van der Waals surface area contributed by atoms with E-state index in [1.165, 1.54) is 26.1 Å². The second-order valence-corrected chi connectivity index (χ2v) is 4.44. The third-order valence-corrected chi connectivity index (χ3v) is 2.50. The Hall–Kier alpha value is -0.340. The molecule has 0 aliphatic carbocycles. The van der Waals surface area contributed by atoms with E-state index in [2.05, 4.69) is 43.1 Å². The van der Waals surface area contributed by atoms with E-state index in [0.29, 0.717) is 5.54 Å². The van der Waals surface area contributed by atoms with Crippen molar-refractivity contribution in [3.8, 4) is 0 Å². The van der Waals surface area contributed by atoms with Crippen LogP contribution < -0.4 is 5.32 Å². The van der Waals surface area contributed by atoms with Crippen molar-refractivity contribution in [3.63, 3.8) is 0 Å². The number of nitrogens with zero attached hydrogens (tertiary/aromatic N) is 1. The van der Waals surface area contributed by atoms with Crippen LogP contribution in [0.15, 0.2) is 12.2 Å². The van der Waals surface area contributed by atoms with Gasteiger partial charge in [0.15, 0.2) is 0 Å². The second kappa shape index (κ2) is 4.77. The van der Waals surface area contributed by atoms with Gasteiger partial charge in [0, 0.05) is 31.7 Å². The van der Waals surface area contributed by atoms with Crippen LogP contribution in [0.4, 0.5) is 0 Å². The molecule has 0 bridgehead atoms. The van der Waals surface area contributed by atoms with Crippen molar-refractivity contribution in [1.29, 1.82) is 0 Å². The van der Waals surface area contributed by atoms with Crippen LogP contribution in [0.25, 0.3) is 0 Å². The standard InChI is InChI=1S/C11H22N2/c1-4-5-6-8-13-9-7-12-11(2,3)10-13/h4-5,12H,6-10H2,1-3H3/b5-4+. The highest BCUT2D eigenvalue weighted by atomic mass is 15.2. The van der Waals surface area contributed by atoms with Crippen LogP contribution in [0.2, 0.25) is 0 Å². The molecule has 0 aromatic rings. The first-order valence-corrected chi connectivity index (χ1v) is 5.22. The fraction of sp³-hybridized carbons (Fsp3) is 0.818. The molecule has 0 unspecified atom stereocenters. The van der Waals surface area contributed by atoms with Gasteiger partial charge in [-0.25, -0.2) is 0 Å². The van der Waals surface area contributed by atoms with Crippen molar-refractivity contribution in [1.82, 2.24) is 10.2 Å². The van der Waals surface area contributed by atoms with E-state index in [1.54, 1.807) is 0 Å². The molecule has 0 saturated carbocycles. The molecule has 1 aliphatic heterocycles. The lowest BCUT2D eigenvalue weighted by atomic mass is 10.0. The predicted molar refractivity (Wildman–Crippen MR) is 58.0 cm³/mol. The molecule has 0 aromatic heterocycles. The summed E-state index contributed by atoms with van der Waals surface area (Å²) in [5.74, 6) is 0. The van der Waals surface area contributed by atoms with E-state index < -0.39 is 0 Å². The molecule has 0 radical (unpaired) electrons. The van der Waals surface area contributed by atoms with E-state index in [4.69, 9.17) is 0 Å². The average Bonchev–Trinajstić information content (AvgIpc) is 2.03. The van der Waals surface area contributed by atoms with Gasteiger partial charge in [0.05, 0.1) is 0 Å². The molecule has 2 nitrogen and oxygen atoms in total. The van der Waals surface area contributed by atoms with Gasteiger partial charge in [0.1, 0.15) is 0 Å². The molecule has 1 N–H and O–H groups in total. The molecule has 1 heterocycles. The maximum Gasteiger partial charge on any atom is 0.0252 e. The maximum atomic E-state index is 3.52. The van der Waals surface area contributed by atoms with Crippen LogP contribution in [0, 0.1) is 0 Å². The molecular weight excluding hydrogens is 160 g/mol. The zero-order valence-corrected chi connectivity index (χ0v) is 9.14. The molecule has 1 rings (SSSR count). The van der Waals surface area contributed by atoms with Crippen LogP contribution in [0.3, 0.4) is 0 Å². The summed E-state index contributed by atoms with van der Waals surface area (Å²) < 4.78 is 0. The van der Waals surface area contributed by atoms with Crippen LogP contribution >= 0.6 is 0 Å². The van der Waals surface area contributed by atoms with Crippen molar-refractivity contribution in [3.05, 3.63) is 12.2 Å². The fourth-order valence-corrected chi connectivity index (χ4v) is 1.86. The number of hydrogen-bond acceptors (Lipinski definition) is 2. The third kappa shape index (κ3) is 3.92. The van der Waals surface area contributed by atoms with Gasteiger partial charge in [-0.05, 0) is 27.2 Å². The van der Waals surface area contributed by atoms with Gasteiger partial charge in [0.25, 0.3) is 0 Å². The van der Waals surface area contributed by atoms with E-state index in [1.807, 2.05) is 0 Å². The Bertz CT molecular complexity index is 173. The van der Waals surface area contributed by atoms with Gasteiger partial charge in [-0.1, -0.05) is 12.2 Å². The number of hydrogen-bond donors (Lipinski definition) is 1. The average molecular weight is 182 g/mol. The highest BCUT2D eigenvalue weighted by Crippen LogP contribution is 2.10. The first kappa shape index (κ1) is 10.7. The number of nitrogens with one attached hydrogen (secondary N) is 1. The van der Waals surface area contributed by atoms with Crippen LogP contribution in [-0.4, -0.2) is 36.6 Å². The Labute approximate surface area is 82.0 Å². The topological polar surface area (TPSA) is 15.3 Å². The third-order valence-electron chi connectivity index (χ3n) is 2.50. The van der Waals surface area contributed by atoms with Crippen LogP contribution in [0.5, 0.6) is 0 Å². The lowest BCUT2D eigenvalue weighted by Crippen LogP contribution is -2.56. The van der Waals surface area contributed by atoms with Gasteiger partial charge < -0.3 is 5.32 Å². The fourth-order valence-electron chi connectivity index (χ4n) is 1.86. The molecule has 1 aliphatic rings. The Morgan fingerprint density at radius 1 is 1.46 bits per heavy atom. The van der Waals surface area contributed by atoms with Gasteiger partial charge in [-0.2, -0.15) is 0 Å². The first-order valence-electron chi connectivity index (χ1n) is 5.22. The monoisotopic (exact) mass is 182 g/mol. The Balaban J connectivity index is 2.26. The van der Waals surface area contributed by atoms with Gasteiger partial charge in [0.2, 0.25) is 0 Å². The molecule has 0 spiro atoms. The number of allylic oxidation sites excluding steroid dienone is 1. The Morgan fingerprint density at radius 2 is 2.23 bits per heavy atom. The summed E-state index contributed by atoms with van der Waals surface area (Å²) in [7, 11) is 0. The summed E-state index contributed by atoms with van der Waals surface area (Å²) in [5, 5.41) is 3.52. The molecule has 0 amide bonds. The Kier molecular flexibility index (Phi) is 3.94. The van der Waals surface area contributed by atoms with E-state index in [0.717, 1.165) is 6.54 Å². The second-order valence-electron chi connectivity index (χ2n) is 4.44. The smallest absolute Gasteiger partial charge is 0.0252 e. The van der Waals surface area contributed by atoms with Gasteiger partial charge in [-0.15, -0.1) is 0 Å². The highest BCUT2D eigenvalue weighted by molar-refractivity contribution is 4.88. The number of piperazine rings is 1. The minimum Gasteiger partial charge on any atom is -0.309 e. The maximum absolute atomic E-state index is 3.52. The summed E-state index contributed by atoms with van der Waals surface area (Å²) in [6.45, 7) is 11.3. The molecular formula is C11H22N2. The lowest BCUT2D eigenvalue weighted by Gasteiger charge is -2.39. The molecule has 1 saturated heterocycles. The predicted octanol–water partition coefficient (Wildman–Crippen LogP) is 1.64. The van der Waals surface area contributed by atoms with Gasteiger partial charge >= 0.3 is 0 Å². The van der Waals surface area contributed by atoms with Crippen molar-refractivity contribution in [2.75, 3.05) is 26.2 Å². The molecule has 76 valence electrons. The summed E-state index contributed by atoms with van der Waals surface area (Å²) in [4.78, 5) is 2.54. The van der Waals surface area contributed by atoms with Crippen molar-refractivity contribution < 1.29 is 0 Å².